The van der Waals surface area contributed by atoms with Crippen LogP contribution in [0.2, 0.25) is 0 Å². The maximum absolute atomic E-state index is 14.2. The molecule has 0 bridgehead atoms. The van der Waals surface area contributed by atoms with E-state index in [-0.39, 0.29) is 5.82 Å². The van der Waals surface area contributed by atoms with E-state index in [2.05, 4.69) is 0 Å². The summed E-state index contributed by atoms with van der Waals surface area (Å²) in [6, 6.07) is 3.60. The van der Waals surface area contributed by atoms with Crippen LogP contribution in [-0.2, 0) is 7.05 Å². The molecule has 3 heteroatoms. The van der Waals surface area contributed by atoms with Crippen molar-refractivity contribution >= 4 is 10.9 Å². The molecule has 2 nitrogen and oxygen atoms in total. The van der Waals surface area contributed by atoms with E-state index in [1.54, 1.807) is 6.07 Å². The molecule has 0 N–H and O–H groups in total. The highest BCUT2D eigenvalue weighted by molar-refractivity contribution is 5.87. The van der Waals surface area contributed by atoms with E-state index >= 15 is 0 Å². The predicted octanol–water partition coefficient (Wildman–Crippen LogP) is 3.33. The van der Waals surface area contributed by atoms with Crippen LogP contribution in [0.1, 0.15) is 18.2 Å². The van der Waals surface area contributed by atoms with Gasteiger partial charge in [-0.25, -0.2) is 4.39 Å². The smallest absolute Gasteiger partial charge is 0.174 e. The fraction of sp³-hybridized carbons (Fsp3) is 0.385. The number of rotatable bonds is 2. The van der Waals surface area contributed by atoms with E-state index in [1.165, 1.54) is 0 Å². The van der Waals surface area contributed by atoms with Gasteiger partial charge in [-0.1, -0.05) is 0 Å². The normalized spacial score (nSPS) is 11.1. The maximum atomic E-state index is 14.2. The second-order valence-corrected chi connectivity index (χ2v) is 3.97. The number of hydrogen-bond acceptors (Lipinski definition) is 1. The van der Waals surface area contributed by atoms with Gasteiger partial charge in [0.15, 0.2) is 11.6 Å². The minimum Gasteiger partial charge on any atom is -0.491 e. The molecular formula is C13H16FNO. The molecule has 0 atom stereocenters. The minimum atomic E-state index is -0.249. The van der Waals surface area contributed by atoms with Gasteiger partial charge < -0.3 is 9.30 Å². The van der Waals surface area contributed by atoms with Gasteiger partial charge in [0, 0.05) is 18.1 Å². The molecule has 0 fully saturated rings. The van der Waals surface area contributed by atoms with Crippen molar-refractivity contribution in [2.24, 2.45) is 7.05 Å². The molecule has 0 aliphatic rings. The largest absolute Gasteiger partial charge is 0.491 e. The van der Waals surface area contributed by atoms with Crippen LogP contribution in [0.15, 0.2) is 12.1 Å². The van der Waals surface area contributed by atoms with Crippen molar-refractivity contribution in [2.75, 3.05) is 6.61 Å². The summed E-state index contributed by atoms with van der Waals surface area (Å²) in [5.74, 6) is 0.0873. The second-order valence-electron chi connectivity index (χ2n) is 3.97. The standard InChI is InChI=1S/C13H16FNO/c1-5-16-11-7-6-10-12(13(11)14)8(2)9(3)15(10)4/h6-7H,5H2,1-4H3. The van der Waals surface area contributed by atoms with E-state index in [0.717, 1.165) is 16.8 Å². The lowest BCUT2D eigenvalue weighted by Crippen LogP contribution is -1.95. The SMILES string of the molecule is CCOc1ccc2c(c(C)c(C)n2C)c1F. The average molecular weight is 221 g/mol. The van der Waals surface area contributed by atoms with Crippen LogP contribution < -0.4 is 4.74 Å². The van der Waals surface area contributed by atoms with Gasteiger partial charge in [-0.05, 0) is 38.5 Å². The predicted molar refractivity (Wildman–Crippen MR) is 63.5 cm³/mol. The van der Waals surface area contributed by atoms with E-state index < -0.39 is 0 Å². The molecule has 0 saturated heterocycles. The van der Waals surface area contributed by atoms with Gasteiger partial charge in [0.05, 0.1) is 12.1 Å². The Morgan fingerprint density at radius 3 is 2.62 bits per heavy atom. The third kappa shape index (κ3) is 1.39. The molecule has 0 radical (unpaired) electrons. The van der Waals surface area contributed by atoms with Crippen LogP contribution in [0.3, 0.4) is 0 Å². The highest BCUT2D eigenvalue weighted by Gasteiger charge is 2.15. The Kier molecular flexibility index (Phi) is 2.62. The van der Waals surface area contributed by atoms with Crippen LogP contribution in [0, 0.1) is 19.7 Å². The lowest BCUT2D eigenvalue weighted by Gasteiger charge is -2.06. The number of hydrogen-bond donors (Lipinski definition) is 0. The summed E-state index contributed by atoms with van der Waals surface area (Å²) in [7, 11) is 1.95. The van der Waals surface area contributed by atoms with Gasteiger partial charge in [-0.15, -0.1) is 0 Å². The first-order chi connectivity index (χ1) is 7.57. The fourth-order valence-corrected chi connectivity index (χ4v) is 2.06. The van der Waals surface area contributed by atoms with Crippen LogP contribution >= 0.6 is 0 Å². The summed E-state index contributed by atoms with van der Waals surface area (Å²) in [4.78, 5) is 0. The first-order valence-corrected chi connectivity index (χ1v) is 5.44. The Balaban J connectivity index is 2.79. The molecule has 0 spiro atoms. The molecule has 16 heavy (non-hydrogen) atoms. The molecule has 0 amide bonds. The van der Waals surface area contributed by atoms with Gasteiger partial charge >= 0.3 is 0 Å². The van der Waals surface area contributed by atoms with Gasteiger partial charge in [-0.2, -0.15) is 0 Å². The lowest BCUT2D eigenvalue weighted by molar-refractivity contribution is 0.323. The maximum Gasteiger partial charge on any atom is 0.174 e. The minimum absolute atomic E-state index is 0.249. The molecule has 0 aliphatic carbocycles. The van der Waals surface area contributed by atoms with Crippen molar-refractivity contribution in [3.05, 3.63) is 29.2 Å². The zero-order valence-corrected chi connectivity index (χ0v) is 10.1. The van der Waals surface area contributed by atoms with Gasteiger partial charge in [0.1, 0.15) is 0 Å². The number of aromatic nitrogens is 1. The summed E-state index contributed by atoms with van der Waals surface area (Å²) < 4.78 is 21.4. The molecule has 1 aromatic heterocycles. The molecule has 0 aliphatic heterocycles. The Labute approximate surface area is 94.6 Å². The highest BCUT2D eigenvalue weighted by atomic mass is 19.1. The molecule has 0 unspecified atom stereocenters. The van der Waals surface area contributed by atoms with E-state index in [0.29, 0.717) is 17.7 Å². The van der Waals surface area contributed by atoms with E-state index in [4.69, 9.17) is 4.74 Å². The Morgan fingerprint density at radius 1 is 1.31 bits per heavy atom. The highest BCUT2D eigenvalue weighted by Crippen LogP contribution is 2.31. The quantitative estimate of drug-likeness (QED) is 0.758. The zero-order chi connectivity index (χ0) is 11.9. The number of nitrogens with zero attached hydrogens (tertiary/aromatic N) is 1. The molecular weight excluding hydrogens is 205 g/mol. The summed E-state index contributed by atoms with van der Waals surface area (Å²) in [6.07, 6.45) is 0. The van der Waals surface area contributed by atoms with Crippen LogP contribution in [0.25, 0.3) is 10.9 Å². The third-order valence-corrected chi connectivity index (χ3v) is 3.17. The zero-order valence-electron chi connectivity index (χ0n) is 10.1. The third-order valence-electron chi connectivity index (χ3n) is 3.17. The van der Waals surface area contributed by atoms with E-state index in [1.807, 2.05) is 38.5 Å². The summed E-state index contributed by atoms with van der Waals surface area (Å²) in [6.45, 7) is 6.27. The van der Waals surface area contributed by atoms with E-state index in [9.17, 15) is 4.39 Å². The number of ether oxygens (including phenoxy) is 1. The Bertz CT molecular complexity index is 543. The topological polar surface area (TPSA) is 14.2 Å². The molecule has 86 valence electrons. The number of fused-ring (bicyclic) bond motifs is 1. The molecule has 1 heterocycles. The molecule has 1 aromatic carbocycles. The van der Waals surface area contributed by atoms with Crippen molar-refractivity contribution in [1.82, 2.24) is 4.57 Å². The number of benzene rings is 1. The summed E-state index contributed by atoms with van der Waals surface area (Å²) in [5.41, 5.74) is 2.98. The van der Waals surface area contributed by atoms with Crippen molar-refractivity contribution in [2.45, 2.75) is 20.8 Å². The monoisotopic (exact) mass is 221 g/mol. The van der Waals surface area contributed by atoms with Crippen molar-refractivity contribution in [3.8, 4) is 5.75 Å². The average Bonchev–Trinajstić information content (AvgIpc) is 2.48. The molecule has 2 rings (SSSR count). The van der Waals surface area contributed by atoms with Crippen LogP contribution in [0.4, 0.5) is 4.39 Å². The molecule has 0 saturated carbocycles. The van der Waals surface area contributed by atoms with Gasteiger partial charge in [0.2, 0.25) is 0 Å². The number of halogens is 1. The first-order valence-electron chi connectivity index (χ1n) is 5.44. The van der Waals surface area contributed by atoms with Crippen molar-refractivity contribution < 1.29 is 9.13 Å². The van der Waals surface area contributed by atoms with Crippen molar-refractivity contribution in [1.29, 1.82) is 0 Å². The Hall–Kier alpha value is -1.51. The Morgan fingerprint density at radius 2 is 2.00 bits per heavy atom. The van der Waals surface area contributed by atoms with Crippen molar-refractivity contribution in [3.63, 3.8) is 0 Å². The van der Waals surface area contributed by atoms with Crippen LogP contribution in [-0.4, -0.2) is 11.2 Å². The second kappa shape index (κ2) is 3.81. The van der Waals surface area contributed by atoms with Crippen LogP contribution in [0.5, 0.6) is 5.75 Å². The van der Waals surface area contributed by atoms with Gasteiger partial charge in [-0.3, -0.25) is 0 Å². The lowest BCUT2D eigenvalue weighted by atomic mass is 10.1. The summed E-state index contributed by atoms with van der Waals surface area (Å²) >= 11 is 0. The first kappa shape index (κ1) is 11.0. The van der Waals surface area contributed by atoms with Gasteiger partial charge in [0.25, 0.3) is 0 Å². The summed E-state index contributed by atoms with van der Waals surface area (Å²) in [5, 5.41) is 0.672. The fourth-order valence-electron chi connectivity index (χ4n) is 2.06. The molecule has 2 aromatic rings. The number of aryl methyl sites for hydroxylation is 2.